The van der Waals surface area contributed by atoms with Crippen LogP contribution in [0.25, 0.3) is 0 Å². The Morgan fingerprint density at radius 1 is 1.22 bits per heavy atom. The lowest BCUT2D eigenvalue weighted by Gasteiger charge is -2.10. The van der Waals surface area contributed by atoms with Gasteiger partial charge >= 0.3 is 0 Å². The fraction of sp³-hybridized carbons (Fsp3) is 0.235. The number of aryl methyl sites for hydroxylation is 2. The largest absolute Gasteiger partial charge is 0.271 e. The van der Waals surface area contributed by atoms with Crippen LogP contribution in [0.1, 0.15) is 21.7 Å². The molecule has 1 aromatic heterocycles. The van der Waals surface area contributed by atoms with Gasteiger partial charge in [-0.05, 0) is 38.1 Å². The minimum Gasteiger partial charge on any atom is -0.271 e. The highest BCUT2D eigenvalue weighted by atomic mass is 32.2. The zero-order valence-corrected chi connectivity index (χ0v) is 15.8. The molecule has 0 saturated carbocycles. The van der Waals surface area contributed by atoms with E-state index in [1.54, 1.807) is 0 Å². The minimum absolute atomic E-state index is 0.0557. The first kappa shape index (κ1) is 20.3. The van der Waals surface area contributed by atoms with E-state index in [1.807, 2.05) is 19.9 Å². The summed E-state index contributed by atoms with van der Waals surface area (Å²) in [5.41, 5.74) is 6.23. The van der Waals surface area contributed by atoms with Crippen LogP contribution in [0.4, 0.5) is 0 Å². The number of nitrogens with zero attached hydrogens (tertiary/aromatic N) is 2. The topological polar surface area (TPSA) is 122 Å². The van der Waals surface area contributed by atoms with Crippen molar-refractivity contribution in [3.05, 3.63) is 59.9 Å². The van der Waals surface area contributed by atoms with E-state index in [9.17, 15) is 18.0 Å². The molecule has 1 aromatic carbocycles. The van der Waals surface area contributed by atoms with Gasteiger partial charge in [-0.1, -0.05) is 12.1 Å². The first-order valence-electron chi connectivity index (χ1n) is 8.04. The smallest absolute Gasteiger partial charge is 0.269 e. The van der Waals surface area contributed by atoms with E-state index >= 15 is 0 Å². The molecule has 0 aliphatic rings. The van der Waals surface area contributed by atoms with Crippen molar-refractivity contribution >= 4 is 21.8 Å². The molecule has 0 atom stereocenters. The number of carbonyl (C=O) groups is 2. The van der Waals surface area contributed by atoms with E-state index < -0.39 is 21.8 Å². The van der Waals surface area contributed by atoms with E-state index in [1.165, 1.54) is 35.0 Å². The van der Waals surface area contributed by atoms with E-state index in [4.69, 9.17) is 0 Å². The molecule has 0 unspecified atom stereocenters. The maximum Gasteiger partial charge on any atom is 0.269 e. The van der Waals surface area contributed by atoms with Crippen molar-refractivity contribution in [2.24, 2.45) is 0 Å². The third-order valence-electron chi connectivity index (χ3n) is 3.54. The molecule has 0 aliphatic heterocycles. The second kappa shape index (κ2) is 8.60. The molecule has 1 heterocycles. The van der Waals surface area contributed by atoms with Gasteiger partial charge in [-0.15, -0.1) is 6.58 Å². The Hall–Kier alpha value is -2.98. The first-order valence-corrected chi connectivity index (χ1v) is 9.52. The summed E-state index contributed by atoms with van der Waals surface area (Å²) in [7, 11) is -3.75. The predicted octanol–water partition coefficient (Wildman–Crippen LogP) is 0.425. The third kappa shape index (κ3) is 5.50. The molecular weight excluding hydrogens is 370 g/mol. The number of benzene rings is 1. The summed E-state index contributed by atoms with van der Waals surface area (Å²) in [5.74, 6) is -1.11. The van der Waals surface area contributed by atoms with Gasteiger partial charge in [0.05, 0.1) is 10.6 Å². The second-order valence-corrected chi connectivity index (χ2v) is 7.52. The van der Waals surface area contributed by atoms with Gasteiger partial charge in [0.25, 0.3) is 11.8 Å². The number of hydrogen-bond donors (Lipinski definition) is 3. The summed E-state index contributed by atoms with van der Waals surface area (Å²) in [6, 6.07) is 7.29. The lowest BCUT2D eigenvalue weighted by atomic mass is 10.2. The molecule has 0 aliphatic carbocycles. The molecule has 2 rings (SSSR count). The average Bonchev–Trinajstić information content (AvgIpc) is 2.95. The highest BCUT2D eigenvalue weighted by Gasteiger charge is 2.16. The molecule has 27 heavy (non-hydrogen) atoms. The molecule has 0 saturated heterocycles. The second-order valence-electron chi connectivity index (χ2n) is 5.76. The minimum atomic E-state index is -3.75. The van der Waals surface area contributed by atoms with E-state index in [0.29, 0.717) is 0 Å². The van der Waals surface area contributed by atoms with Crippen molar-refractivity contribution < 1.29 is 18.0 Å². The molecule has 144 valence electrons. The third-order valence-corrected chi connectivity index (χ3v) is 4.96. The van der Waals surface area contributed by atoms with E-state index in [-0.39, 0.29) is 23.5 Å². The van der Waals surface area contributed by atoms with Crippen LogP contribution in [0.5, 0.6) is 0 Å². The van der Waals surface area contributed by atoms with Crippen molar-refractivity contribution in [2.75, 3.05) is 6.54 Å². The molecular formula is C17H21N5O4S. The van der Waals surface area contributed by atoms with Crippen LogP contribution in [0.2, 0.25) is 0 Å². The Morgan fingerprint density at radius 2 is 1.96 bits per heavy atom. The van der Waals surface area contributed by atoms with Crippen LogP contribution in [0, 0.1) is 13.8 Å². The SMILES string of the molecule is C=CCNS(=O)(=O)c1cccc(C(=O)NNC(=O)Cn2nc(C)cc2C)c1. The maximum absolute atomic E-state index is 12.2. The molecule has 2 aromatic rings. The van der Waals surface area contributed by atoms with E-state index in [2.05, 4.69) is 27.3 Å². The van der Waals surface area contributed by atoms with Crippen LogP contribution >= 0.6 is 0 Å². The number of rotatable bonds is 7. The Bertz CT molecular complexity index is 965. The molecule has 3 N–H and O–H groups in total. The van der Waals surface area contributed by atoms with Gasteiger partial charge in [-0.3, -0.25) is 25.1 Å². The van der Waals surface area contributed by atoms with Gasteiger partial charge in [-0.2, -0.15) is 5.10 Å². The number of aromatic nitrogens is 2. The molecule has 10 heteroatoms. The standard InChI is InChI=1S/C17H21N5O4S/c1-4-8-18-27(25,26)15-7-5-6-14(10-15)17(24)20-19-16(23)11-22-13(3)9-12(2)21-22/h4-7,9-10,18H,1,8,11H2,2-3H3,(H,19,23)(H,20,24). The van der Waals surface area contributed by atoms with Crippen molar-refractivity contribution in [3.8, 4) is 0 Å². The van der Waals surface area contributed by atoms with Crippen LogP contribution in [-0.2, 0) is 21.4 Å². The summed E-state index contributed by atoms with van der Waals surface area (Å²) >= 11 is 0. The van der Waals surface area contributed by atoms with Crippen LogP contribution in [0.15, 0.2) is 47.9 Å². The molecule has 0 fully saturated rings. The molecule has 2 amide bonds. The average molecular weight is 391 g/mol. The lowest BCUT2D eigenvalue weighted by Crippen LogP contribution is -2.43. The number of amides is 2. The van der Waals surface area contributed by atoms with Crippen molar-refractivity contribution in [3.63, 3.8) is 0 Å². The van der Waals surface area contributed by atoms with Gasteiger partial charge < -0.3 is 0 Å². The van der Waals surface area contributed by atoms with Crippen molar-refractivity contribution in [2.45, 2.75) is 25.3 Å². The molecule has 9 nitrogen and oxygen atoms in total. The van der Waals surface area contributed by atoms with Crippen LogP contribution in [0.3, 0.4) is 0 Å². The Labute approximate surface area is 157 Å². The normalized spacial score (nSPS) is 11.0. The highest BCUT2D eigenvalue weighted by molar-refractivity contribution is 7.89. The number of carbonyl (C=O) groups excluding carboxylic acids is 2. The fourth-order valence-corrected chi connectivity index (χ4v) is 3.31. The van der Waals surface area contributed by atoms with Crippen molar-refractivity contribution in [1.82, 2.24) is 25.4 Å². The Morgan fingerprint density at radius 3 is 2.59 bits per heavy atom. The Kier molecular flexibility index (Phi) is 6.48. The molecule has 0 spiro atoms. The number of sulfonamides is 1. The van der Waals surface area contributed by atoms with Crippen LogP contribution < -0.4 is 15.6 Å². The molecule has 0 bridgehead atoms. The summed E-state index contributed by atoms with van der Waals surface area (Å²) in [5, 5.41) is 4.16. The van der Waals surface area contributed by atoms with Gasteiger partial charge in [0.2, 0.25) is 10.0 Å². The van der Waals surface area contributed by atoms with Gasteiger partial charge in [0, 0.05) is 17.8 Å². The van der Waals surface area contributed by atoms with Crippen LogP contribution in [-0.4, -0.2) is 36.6 Å². The monoisotopic (exact) mass is 391 g/mol. The summed E-state index contributed by atoms with van der Waals surface area (Å²) in [6.07, 6.45) is 1.41. The predicted molar refractivity (Wildman–Crippen MR) is 99.1 cm³/mol. The van der Waals surface area contributed by atoms with Gasteiger partial charge in [-0.25, -0.2) is 13.1 Å². The Balaban J connectivity index is 1.99. The lowest BCUT2D eigenvalue weighted by molar-refractivity contribution is -0.122. The zero-order valence-electron chi connectivity index (χ0n) is 15.0. The quantitative estimate of drug-likeness (QED) is 0.467. The maximum atomic E-state index is 12.2. The fourth-order valence-electron chi connectivity index (χ4n) is 2.27. The van der Waals surface area contributed by atoms with E-state index in [0.717, 1.165) is 11.4 Å². The summed E-state index contributed by atoms with van der Waals surface area (Å²) in [6.45, 7) is 7.09. The zero-order chi connectivity index (χ0) is 20.0. The highest BCUT2D eigenvalue weighted by Crippen LogP contribution is 2.11. The summed E-state index contributed by atoms with van der Waals surface area (Å²) in [4.78, 5) is 24.1. The molecule has 0 radical (unpaired) electrons. The van der Waals surface area contributed by atoms with Crippen molar-refractivity contribution in [1.29, 1.82) is 0 Å². The summed E-state index contributed by atoms with van der Waals surface area (Å²) < 4.78 is 28.0. The first-order chi connectivity index (χ1) is 12.7. The number of hydrogen-bond acceptors (Lipinski definition) is 5. The van der Waals surface area contributed by atoms with Gasteiger partial charge in [0.1, 0.15) is 6.54 Å². The number of nitrogens with one attached hydrogen (secondary N) is 3. The number of hydrazine groups is 1. The van der Waals surface area contributed by atoms with Gasteiger partial charge in [0.15, 0.2) is 0 Å².